The number of phenols is 1. The van der Waals surface area contributed by atoms with Gasteiger partial charge in [-0.25, -0.2) is 0 Å². The number of halogens is 2. The van der Waals surface area contributed by atoms with Gasteiger partial charge in [-0.15, -0.1) is 0 Å². The fourth-order valence-electron chi connectivity index (χ4n) is 2.60. The summed E-state index contributed by atoms with van der Waals surface area (Å²) >= 11 is 4.24. The van der Waals surface area contributed by atoms with Crippen LogP contribution in [0, 0.1) is 13.8 Å². The van der Waals surface area contributed by atoms with Crippen LogP contribution in [0.3, 0.4) is 0 Å². The molecule has 0 aliphatic heterocycles. The highest BCUT2D eigenvalue weighted by Gasteiger charge is 2.13. The Morgan fingerprint density at radius 1 is 1.00 bits per heavy atom. The monoisotopic (exact) mass is 479 g/mol. The number of rotatable bonds is 0. The summed E-state index contributed by atoms with van der Waals surface area (Å²) in [6.45, 7) is 4.22. The Bertz CT molecular complexity index is 747. The number of benzene rings is 2. The van der Waals surface area contributed by atoms with E-state index in [1.165, 1.54) is 16.8 Å². The second kappa shape index (κ2) is 5.87. The third-order valence-corrected chi connectivity index (χ3v) is 3.78. The van der Waals surface area contributed by atoms with Crippen molar-refractivity contribution < 1.29 is 5.11 Å². The van der Waals surface area contributed by atoms with Crippen molar-refractivity contribution in [3.63, 3.8) is 0 Å². The van der Waals surface area contributed by atoms with Crippen LogP contribution in [0.25, 0.3) is 21.7 Å². The Labute approximate surface area is 136 Å². The molecule has 0 saturated carbocycles. The molecule has 1 N–H and O–H groups in total. The smallest absolute Gasteiger partial charge is 0.124 e. The zero-order valence-electron chi connectivity index (χ0n) is 11.0. The van der Waals surface area contributed by atoms with Gasteiger partial charge >= 0.3 is 0 Å². The fraction of sp³-hybridized carbons (Fsp3) is 0.200. The Morgan fingerprint density at radius 3 is 2.21 bits per heavy atom. The van der Waals surface area contributed by atoms with Gasteiger partial charge in [0, 0.05) is 66.1 Å². The van der Waals surface area contributed by atoms with Crippen LogP contribution in [0.15, 0.2) is 30.3 Å². The number of aryl methyl sites for hydroxylation is 2. The van der Waals surface area contributed by atoms with Crippen molar-refractivity contribution in [2.75, 3.05) is 0 Å². The Balaban J connectivity index is 0.000000637. The largest absolute Gasteiger partial charge is 0.507 e. The molecule has 0 saturated heterocycles. The normalized spacial score (nSPS) is 10.6. The average molecular weight is 479 g/mol. The summed E-state index contributed by atoms with van der Waals surface area (Å²) in [5.74, 6) is 0.363. The molecule has 1 heterocycles. The summed E-state index contributed by atoms with van der Waals surface area (Å²) in [7, 11) is 2.08. The molecule has 19 heavy (non-hydrogen) atoms. The lowest BCUT2D eigenvalue weighted by atomic mass is 10.0. The maximum absolute atomic E-state index is 10.1. The van der Waals surface area contributed by atoms with E-state index in [9.17, 15) is 5.11 Å². The number of aromatic nitrogens is 1. The quantitative estimate of drug-likeness (QED) is 0.428. The summed E-state index contributed by atoms with van der Waals surface area (Å²) in [4.78, 5) is 0. The van der Waals surface area contributed by atoms with Crippen LogP contribution < -0.4 is 0 Å². The minimum absolute atomic E-state index is 0.363. The van der Waals surface area contributed by atoms with E-state index in [1.807, 2.05) is 24.3 Å². The summed E-state index contributed by atoms with van der Waals surface area (Å²) < 4.78 is 2.20. The van der Waals surface area contributed by atoms with Crippen molar-refractivity contribution >= 4 is 58.9 Å². The van der Waals surface area contributed by atoms with E-state index < -0.39 is 0 Å². The van der Waals surface area contributed by atoms with E-state index in [-0.39, 0.29) is 0 Å². The van der Waals surface area contributed by atoms with Crippen molar-refractivity contribution in [1.29, 1.82) is 0 Å². The molecular weight excluding hydrogens is 464 g/mol. The highest BCUT2D eigenvalue weighted by Crippen LogP contribution is 2.36. The number of aromatic hydroxyl groups is 1. The van der Waals surface area contributed by atoms with Crippen molar-refractivity contribution in [2.24, 2.45) is 7.05 Å². The fourth-order valence-corrected chi connectivity index (χ4v) is 2.60. The van der Waals surface area contributed by atoms with Gasteiger partial charge in [0.1, 0.15) is 5.75 Å². The van der Waals surface area contributed by atoms with E-state index in [0.717, 1.165) is 16.2 Å². The molecule has 0 amide bonds. The van der Waals surface area contributed by atoms with Gasteiger partial charge in [-0.1, -0.05) is 24.3 Å². The molecule has 0 fully saturated rings. The lowest BCUT2D eigenvalue weighted by Gasteiger charge is -2.05. The van der Waals surface area contributed by atoms with Gasteiger partial charge in [-0.3, -0.25) is 0 Å². The molecule has 0 unspecified atom stereocenters. The van der Waals surface area contributed by atoms with Crippen LogP contribution in [-0.4, -0.2) is 9.67 Å². The SMILES string of the molecule is Cc1c(C)n(C)c2c1cc(O)c1ccccc12.II. The summed E-state index contributed by atoms with van der Waals surface area (Å²) in [6, 6.07) is 9.87. The molecule has 0 aliphatic carbocycles. The maximum atomic E-state index is 10.1. The standard InChI is InChI=1S/C15H15NO.I2/c1-9-10(2)16(3)15-12-7-5-4-6-11(12)14(17)8-13(9)15;1-2/h4-8,17H,1-3H3;. The number of phenolic OH excluding ortho intramolecular Hbond substituents is 1. The molecule has 0 radical (unpaired) electrons. The van der Waals surface area contributed by atoms with Crippen molar-refractivity contribution in [1.82, 2.24) is 4.57 Å². The Morgan fingerprint density at radius 2 is 1.58 bits per heavy atom. The molecule has 3 aromatic rings. The molecule has 0 atom stereocenters. The van der Waals surface area contributed by atoms with Crippen LogP contribution in [0.5, 0.6) is 5.75 Å². The Hall–Kier alpha value is -0.500. The molecule has 100 valence electrons. The highest BCUT2D eigenvalue weighted by atomic mass is 128. The number of hydrogen-bond acceptors (Lipinski definition) is 1. The second-order valence-corrected chi connectivity index (χ2v) is 4.61. The second-order valence-electron chi connectivity index (χ2n) is 4.61. The van der Waals surface area contributed by atoms with Crippen LogP contribution in [0.1, 0.15) is 11.3 Å². The number of nitrogens with zero attached hydrogens (tertiary/aromatic N) is 1. The lowest BCUT2D eigenvalue weighted by Crippen LogP contribution is -1.91. The van der Waals surface area contributed by atoms with Gasteiger partial charge in [0.2, 0.25) is 0 Å². The molecule has 1 aromatic heterocycles. The maximum Gasteiger partial charge on any atom is 0.124 e. The van der Waals surface area contributed by atoms with Crippen LogP contribution in [-0.2, 0) is 7.05 Å². The van der Waals surface area contributed by atoms with Crippen molar-refractivity contribution in [3.8, 4) is 5.75 Å². The molecular formula is C15H15I2NO. The summed E-state index contributed by atoms with van der Waals surface area (Å²) in [5.41, 5.74) is 3.69. The summed E-state index contributed by atoms with van der Waals surface area (Å²) in [6.07, 6.45) is 0. The minimum Gasteiger partial charge on any atom is -0.507 e. The number of hydrogen-bond donors (Lipinski definition) is 1. The zero-order chi connectivity index (χ0) is 14.2. The first-order chi connectivity index (χ1) is 9.11. The molecule has 3 rings (SSSR count). The molecule has 0 bridgehead atoms. The average Bonchev–Trinajstić information content (AvgIpc) is 2.66. The van der Waals surface area contributed by atoms with Gasteiger partial charge in [0.15, 0.2) is 0 Å². The van der Waals surface area contributed by atoms with E-state index in [0.29, 0.717) is 5.75 Å². The van der Waals surface area contributed by atoms with Crippen molar-refractivity contribution in [2.45, 2.75) is 13.8 Å². The van der Waals surface area contributed by atoms with Crippen LogP contribution >= 0.6 is 37.2 Å². The molecule has 0 aliphatic rings. The van der Waals surface area contributed by atoms with Gasteiger partial charge in [0.25, 0.3) is 0 Å². The third-order valence-electron chi connectivity index (χ3n) is 3.78. The van der Waals surface area contributed by atoms with E-state index in [1.54, 1.807) is 0 Å². The van der Waals surface area contributed by atoms with Crippen LogP contribution in [0.2, 0.25) is 0 Å². The zero-order valence-corrected chi connectivity index (χ0v) is 15.4. The molecule has 4 heteroatoms. The van der Waals surface area contributed by atoms with E-state index >= 15 is 0 Å². The van der Waals surface area contributed by atoms with E-state index in [4.69, 9.17) is 0 Å². The first kappa shape index (κ1) is 14.9. The highest BCUT2D eigenvalue weighted by molar-refractivity contribution is 15.0. The van der Waals surface area contributed by atoms with Crippen LogP contribution in [0.4, 0.5) is 0 Å². The third kappa shape index (κ3) is 2.33. The van der Waals surface area contributed by atoms with Gasteiger partial charge in [-0.2, -0.15) is 0 Å². The minimum atomic E-state index is 0.363. The van der Waals surface area contributed by atoms with Gasteiger partial charge in [-0.05, 0) is 25.5 Å². The van der Waals surface area contributed by atoms with E-state index in [2.05, 4.69) is 68.8 Å². The van der Waals surface area contributed by atoms with Gasteiger partial charge < -0.3 is 9.67 Å². The lowest BCUT2D eigenvalue weighted by molar-refractivity contribution is 0.482. The van der Waals surface area contributed by atoms with Gasteiger partial charge in [0.05, 0.1) is 5.52 Å². The predicted octanol–water partition coefficient (Wildman–Crippen LogP) is 5.43. The topological polar surface area (TPSA) is 25.2 Å². The predicted molar refractivity (Wildman–Crippen MR) is 99.6 cm³/mol. The first-order valence-corrected chi connectivity index (χ1v) is 12.2. The Kier molecular flexibility index (Phi) is 4.60. The molecule has 2 aromatic carbocycles. The summed E-state index contributed by atoms with van der Waals surface area (Å²) in [5, 5.41) is 13.3. The number of fused-ring (bicyclic) bond motifs is 3. The van der Waals surface area contributed by atoms with Crippen molar-refractivity contribution in [3.05, 3.63) is 41.6 Å². The molecule has 2 nitrogen and oxygen atoms in total. The first-order valence-electron chi connectivity index (χ1n) is 5.92. The molecule has 0 spiro atoms.